The summed E-state index contributed by atoms with van der Waals surface area (Å²) in [6, 6.07) is 12.9. The van der Waals surface area contributed by atoms with Gasteiger partial charge in [0.2, 0.25) is 10.0 Å². The lowest BCUT2D eigenvalue weighted by Gasteiger charge is -2.20. The highest BCUT2D eigenvalue weighted by Gasteiger charge is 2.26. The zero-order valence-corrected chi connectivity index (χ0v) is 14.0. The number of sulfonamides is 1. The zero-order valence-electron chi connectivity index (χ0n) is 12.4. The predicted molar refractivity (Wildman–Crippen MR) is 87.9 cm³/mol. The Labute approximate surface area is 140 Å². The first kappa shape index (κ1) is 17.5. The summed E-state index contributed by atoms with van der Waals surface area (Å²) in [6.45, 7) is 1.26. The Morgan fingerprint density at radius 1 is 1.17 bits per heavy atom. The van der Waals surface area contributed by atoms with Crippen molar-refractivity contribution in [1.29, 1.82) is 0 Å². The molecule has 2 rings (SSSR count). The highest BCUT2D eigenvalue weighted by atomic mass is 35.5. The van der Waals surface area contributed by atoms with Gasteiger partial charge in [-0.1, -0.05) is 41.4 Å². The molecule has 0 saturated heterocycles. The van der Waals surface area contributed by atoms with E-state index in [0.29, 0.717) is 5.02 Å². The molecular formula is C16H16ClNO4S. The lowest BCUT2D eigenvalue weighted by molar-refractivity contribution is -0.137. The van der Waals surface area contributed by atoms with Crippen molar-refractivity contribution in [3.05, 3.63) is 64.7 Å². The van der Waals surface area contributed by atoms with E-state index in [1.165, 1.54) is 24.3 Å². The van der Waals surface area contributed by atoms with Crippen LogP contribution >= 0.6 is 11.6 Å². The first-order valence-corrected chi connectivity index (χ1v) is 8.64. The molecule has 5 nitrogen and oxygen atoms in total. The number of benzene rings is 2. The third-order valence-corrected chi connectivity index (χ3v) is 5.26. The maximum atomic E-state index is 12.7. The molecule has 0 saturated carbocycles. The van der Waals surface area contributed by atoms with Gasteiger partial charge in [-0.05, 0) is 36.8 Å². The quantitative estimate of drug-likeness (QED) is 0.866. The zero-order chi connectivity index (χ0) is 17.0. The summed E-state index contributed by atoms with van der Waals surface area (Å²) in [4.78, 5) is 11.1. The van der Waals surface area contributed by atoms with Crippen LogP contribution in [0, 0.1) is 6.92 Å². The van der Waals surface area contributed by atoms with Crippen LogP contribution in [0.25, 0.3) is 0 Å². The lowest BCUT2D eigenvalue weighted by Crippen LogP contribution is -2.35. The van der Waals surface area contributed by atoms with Crippen LogP contribution in [0.2, 0.25) is 5.02 Å². The van der Waals surface area contributed by atoms with Gasteiger partial charge in [-0.25, -0.2) is 8.42 Å². The van der Waals surface area contributed by atoms with Gasteiger partial charge in [0.15, 0.2) is 0 Å². The molecule has 0 bridgehead atoms. The number of carbonyl (C=O) groups is 1. The van der Waals surface area contributed by atoms with Crippen molar-refractivity contribution in [1.82, 2.24) is 4.31 Å². The number of halogens is 1. The van der Waals surface area contributed by atoms with E-state index in [2.05, 4.69) is 0 Å². The molecule has 0 aromatic heterocycles. The molecule has 7 heteroatoms. The standard InChI is InChI=1S/C16H16ClNO4S/c1-12-3-2-4-13(9-12)10-18(11-16(19)20)23(21,22)15-7-5-14(17)6-8-15/h2-9H,10-11H2,1H3,(H,19,20). The second kappa shape index (κ2) is 7.12. The average Bonchev–Trinajstić information content (AvgIpc) is 2.46. The fraction of sp³-hybridized carbons (Fsp3) is 0.188. The van der Waals surface area contributed by atoms with Gasteiger partial charge < -0.3 is 5.11 Å². The van der Waals surface area contributed by atoms with Gasteiger partial charge in [-0.15, -0.1) is 0 Å². The smallest absolute Gasteiger partial charge is 0.318 e. The molecule has 23 heavy (non-hydrogen) atoms. The van der Waals surface area contributed by atoms with Gasteiger partial charge in [0, 0.05) is 11.6 Å². The number of carboxylic acid groups (broad SMARTS) is 1. The molecule has 0 spiro atoms. The molecule has 2 aromatic carbocycles. The number of hydrogen-bond acceptors (Lipinski definition) is 3. The topological polar surface area (TPSA) is 74.7 Å². The highest BCUT2D eigenvalue weighted by Crippen LogP contribution is 2.20. The van der Waals surface area contributed by atoms with Crippen LogP contribution < -0.4 is 0 Å². The molecule has 0 aliphatic rings. The van der Waals surface area contributed by atoms with Gasteiger partial charge in [-0.2, -0.15) is 4.31 Å². The fourth-order valence-corrected chi connectivity index (χ4v) is 3.65. The minimum absolute atomic E-state index is 0.0100. The third kappa shape index (κ3) is 4.54. The number of hydrogen-bond donors (Lipinski definition) is 1. The van der Waals surface area contributed by atoms with Crippen molar-refractivity contribution in [2.45, 2.75) is 18.4 Å². The molecule has 0 radical (unpaired) electrons. The number of nitrogens with zero attached hydrogens (tertiary/aromatic N) is 1. The van der Waals surface area contributed by atoms with E-state index in [1.54, 1.807) is 12.1 Å². The van der Waals surface area contributed by atoms with Gasteiger partial charge in [0.25, 0.3) is 0 Å². The van der Waals surface area contributed by atoms with Crippen LogP contribution in [-0.4, -0.2) is 30.3 Å². The molecule has 0 amide bonds. The summed E-state index contributed by atoms with van der Waals surface area (Å²) in [5, 5.41) is 9.45. The first-order valence-electron chi connectivity index (χ1n) is 6.82. The second-order valence-corrected chi connectivity index (χ2v) is 7.48. The monoisotopic (exact) mass is 353 g/mol. The van der Waals surface area contributed by atoms with Gasteiger partial charge >= 0.3 is 5.97 Å². The number of aliphatic carboxylic acids is 1. The molecule has 122 valence electrons. The Hall–Kier alpha value is -1.89. The second-order valence-electron chi connectivity index (χ2n) is 5.11. The molecule has 0 heterocycles. The molecule has 1 N–H and O–H groups in total. The molecular weight excluding hydrogens is 338 g/mol. The Morgan fingerprint density at radius 2 is 1.83 bits per heavy atom. The van der Waals surface area contributed by atoms with Crippen molar-refractivity contribution in [2.75, 3.05) is 6.54 Å². The minimum atomic E-state index is -3.93. The summed E-state index contributed by atoms with van der Waals surface area (Å²) < 4.78 is 26.3. The minimum Gasteiger partial charge on any atom is -0.480 e. The number of rotatable bonds is 6. The first-order chi connectivity index (χ1) is 10.8. The molecule has 0 aliphatic heterocycles. The van der Waals surface area contributed by atoms with E-state index in [9.17, 15) is 13.2 Å². The van der Waals surface area contributed by atoms with E-state index < -0.39 is 22.5 Å². The van der Waals surface area contributed by atoms with Crippen molar-refractivity contribution >= 4 is 27.6 Å². The molecule has 0 aliphatic carbocycles. The van der Waals surface area contributed by atoms with E-state index in [4.69, 9.17) is 16.7 Å². The Bertz CT molecular complexity index is 803. The van der Waals surface area contributed by atoms with Crippen LogP contribution in [0.3, 0.4) is 0 Å². The molecule has 2 aromatic rings. The summed E-state index contributed by atoms with van der Waals surface area (Å²) in [6.07, 6.45) is 0. The van der Waals surface area contributed by atoms with Crippen LogP contribution in [-0.2, 0) is 21.4 Å². The van der Waals surface area contributed by atoms with Crippen molar-refractivity contribution in [2.24, 2.45) is 0 Å². The van der Waals surface area contributed by atoms with E-state index in [-0.39, 0.29) is 11.4 Å². The highest BCUT2D eigenvalue weighted by molar-refractivity contribution is 7.89. The average molecular weight is 354 g/mol. The van der Waals surface area contributed by atoms with E-state index in [1.807, 2.05) is 19.1 Å². The summed E-state index contributed by atoms with van der Waals surface area (Å²) in [5.74, 6) is -1.21. The van der Waals surface area contributed by atoms with E-state index in [0.717, 1.165) is 15.4 Å². The van der Waals surface area contributed by atoms with E-state index >= 15 is 0 Å². The van der Waals surface area contributed by atoms with Crippen LogP contribution in [0.5, 0.6) is 0 Å². The Balaban J connectivity index is 2.37. The lowest BCUT2D eigenvalue weighted by atomic mass is 10.1. The maximum absolute atomic E-state index is 12.7. The van der Waals surface area contributed by atoms with Crippen LogP contribution in [0.15, 0.2) is 53.4 Å². The predicted octanol–water partition coefficient (Wildman–Crippen LogP) is 2.92. The number of aryl methyl sites for hydroxylation is 1. The van der Waals surface area contributed by atoms with Crippen molar-refractivity contribution < 1.29 is 18.3 Å². The van der Waals surface area contributed by atoms with Crippen LogP contribution in [0.1, 0.15) is 11.1 Å². The number of carboxylic acids is 1. The fourth-order valence-electron chi connectivity index (χ4n) is 2.15. The summed E-state index contributed by atoms with van der Waals surface area (Å²) in [7, 11) is -3.93. The Morgan fingerprint density at radius 3 is 2.39 bits per heavy atom. The van der Waals surface area contributed by atoms with Gasteiger partial charge in [0.05, 0.1) is 4.90 Å². The molecule has 0 fully saturated rings. The van der Waals surface area contributed by atoms with Crippen molar-refractivity contribution in [3.8, 4) is 0 Å². The Kier molecular flexibility index (Phi) is 5.41. The normalized spacial score (nSPS) is 11.6. The van der Waals surface area contributed by atoms with Gasteiger partial charge in [0.1, 0.15) is 6.54 Å². The van der Waals surface area contributed by atoms with Crippen LogP contribution in [0.4, 0.5) is 0 Å². The van der Waals surface area contributed by atoms with Crippen molar-refractivity contribution in [3.63, 3.8) is 0 Å². The molecule has 0 atom stereocenters. The maximum Gasteiger partial charge on any atom is 0.318 e. The summed E-state index contributed by atoms with van der Waals surface area (Å²) in [5.41, 5.74) is 1.70. The largest absolute Gasteiger partial charge is 0.480 e. The third-order valence-electron chi connectivity index (χ3n) is 3.20. The summed E-state index contributed by atoms with van der Waals surface area (Å²) >= 11 is 5.77. The SMILES string of the molecule is Cc1cccc(CN(CC(=O)O)S(=O)(=O)c2ccc(Cl)cc2)c1. The molecule has 0 unspecified atom stereocenters. The van der Waals surface area contributed by atoms with Gasteiger partial charge in [-0.3, -0.25) is 4.79 Å².